The van der Waals surface area contributed by atoms with Gasteiger partial charge in [0, 0.05) is 23.4 Å². The maximum absolute atomic E-state index is 14.7. The number of nitrogens with one attached hydrogen (secondary N) is 2. The molecule has 1 aliphatic heterocycles. The van der Waals surface area contributed by atoms with Gasteiger partial charge in [-0.1, -0.05) is 48.5 Å². The van der Waals surface area contributed by atoms with E-state index in [1.807, 2.05) is 18.2 Å². The van der Waals surface area contributed by atoms with Crippen LogP contribution in [-0.2, 0) is 40.4 Å². The molecule has 3 saturated carbocycles. The molecule has 6 atom stereocenters. The lowest BCUT2D eigenvalue weighted by atomic mass is 9.80. The van der Waals surface area contributed by atoms with Crippen molar-refractivity contribution in [3.8, 4) is 5.88 Å². The highest BCUT2D eigenvalue weighted by Gasteiger charge is 2.62. The molecule has 2 N–H and O–H groups in total. The molecule has 2 aromatic carbocycles. The number of Topliss-reactive ketones (excluding diaryl/α,β-unsaturated/α-hetero) is 1. The zero-order chi connectivity index (χ0) is 35.8. The first-order valence-electron chi connectivity index (χ1n) is 17.9. The van der Waals surface area contributed by atoms with E-state index in [-0.39, 0.29) is 38.1 Å². The predicted octanol–water partition coefficient (Wildman–Crippen LogP) is 4.69. The number of aryl methyl sites for hydroxylation is 1. The van der Waals surface area contributed by atoms with Crippen LogP contribution in [0, 0.1) is 17.8 Å². The van der Waals surface area contributed by atoms with E-state index in [0.29, 0.717) is 30.7 Å². The van der Waals surface area contributed by atoms with Gasteiger partial charge in [-0.05, 0) is 86.4 Å². The largest absolute Gasteiger partial charge is 0.474 e. The molecule has 1 unspecified atom stereocenters. The van der Waals surface area contributed by atoms with Gasteiger partial charge in [-0.3, -0.25) is 23.9 Å². The fourth-order valence-corrected chi connectivity index (χ4v) is 9.03. The number of fused-ring (bicyclic) bond motifs is 3. The van der Waals surface area contributed by atoms with E-state index in [4.69, 9.17) is 9.47 Å². The summed E-state index contributed by atoms with van der Waals surface area (Å²) in [6.45, 7) is 4.04. The zero-order valence-corrected chi connectivity index (χ0v) is 29.2. The van der Waals surface area contributed by atoms with Crippen LogP contribution in [0.5, 0.6) is 5.88 Å². The number of carbonyl (C=O) groups excluding carboxylic acids is 4. The fourth-order valence-electron chi connectivity index (χ4n) is 7.66. The first-order valence-corrected chi connectivity index (χ1v) is 19.4. The van der Waals surface area contributed by atoms with Crippen molar-refractivity contribution in [1.82, 2.24) is 15.0 Å². The first kappa shape index (κ1) is 34.9. The van der Waals surface area contributed by atoms with Crippen LogP contribution in [0.25, 0.3) is 10.8 Å². The number of carbonyl (C=O) groups is 4. The van der Waals surface area contributed by atoms with Crippen LogP contribution in [0.4, 0.5) is 0 Å². The van der Waals surface area contributed by atoms with Crippen molar-refractivity contribution in [3.63, 3.8) is 0 Å². The van der Waals surface area contributed by atoms with E-state index in [9.17, 15) is 27.6 Å². The zero-order valence-electron chi connectivity index (χ0n) is 28.4. The highest BCUT2D eigenvalue weighted by molar-refractivity contribution is 7.91. The minimum Gasteiger partial charge on any atom is -0.474 e. The van der Waals surface area contributed by atoms with Gasteiger partial charge in [-0.25, -0.2) is 13.4 Å². The molecule has 3 fully saturated rings. The van der Waals surface area contributed by atoms with E-state index in [2.05, 4.69) is 33.7 Å². The number of pyridine rings is 1. The topological polar surface area (TPSA) is 158 Å². The van der Waals surface area contributed by atoms with Crippen LogP contribution in [0.15, 0.2) is 73.4 Å². The molecule has 268 valence electrons. The van der Waals surface area contributed by atoms with Crippen molar-refractivity contribution in [1.29, 1.82) is 0 Å². The number of rotatable bonds is 7. The van der Waals surface area contributed by atoms with Crippen molar-refractivity contribution in [3.05, 3.63) is 84.6 Å². The van der Waals surface area contributed by atoms with E-state index in [0.717, 1.165) is 35.6 Å². The van der Waals surface area contributed by atoms with Gasteiger partial charge in [0.2, 0.25) is 21.8 Å². The Balaban J connectivity index is 1.22. The normalized spacial score (nSPS) is 28.5. The first-order chi connectivity index (χ1) is 24.6. The Morgan fingerprint density at radius 1 is 1.00 bits per heavy atom. The number of ether oxygens (including phenoxy) is 2. The third kappa shape index (κ3) is 7.42. The van der Waals surface area contributed by atoms with Crippen LogP contribution in [-0.4, -0.2) is 60.5 Å². The number of hydrogen-bond acceptors (Lipinski definition) is 9. The maximum Gasteiger partial charge on any atom is 0.306 e. The minimum absolute atomic E-state index is 0.142. The molecule has 11 nitrogen and oxygen atoms in total. The minimum atomic E-state index is -3.87. The van der Waals surface area contributed by atoms with Gasteiger partial charge in [0.1, 0.15) is 17.4 Å². The Hall–Kier alpha value is -4.58. The second-order valence-corrected chi connectivity index (χ2v) is 16.3. The highest BCUT2D eigenvalue weighted by atomic mass is 32.2. The fraction of sp³-hybridized carbons (Fsp3) is 0.462. The number of esters is 1. The maximum atomic E-state index is 14.7. The summed E-state index contributed by atoms with van der Waals surface area (Å²) in [5.74, 6) is -4.93. The molecule has 4 bridgehead atoms. The number of hydrogen-bond donors (Lipinski definition) is 2. The summed E-state index contributed by atoms with van der Waals surface area (Å²) in [6.07, 6.45) is 7.16. The monoisotopic (exact) mass is 713 g/mol. The highest BCUT2D eigenvalue weighted by Crippen LogP contribution is 2.47. The van der Waals surface area contributed by atoms with Gasteiger partial charge >= 0.3 is 5.97 Å². The number of cyclic esters (lactones) is 1. The molecule has 3 aliphatic carbocycles. The SMILES string of the molecule is C=C[C@H]1C[C@]1(NC(=O)[C@@H]1C[C@@H]2CC1C(=O)[C@H](c1ccccc1)CC(=O)OCCCCCc1ccc3ccnc(c3c1)O2)C(=O)NS(=O)(=O)C1CC1. The summed E-state index contributed by atoms with van der Waals surface area (Å²) >= 11 is 0. The molecular formula is C39H43N3O8S. The van der Waals surface area contributed by atoms with Crippen LogP contribution in [0.1, 0.15) is 74.8 Å². The molecule has 1 aromatic heterocycles. The summed E-state index contributed by atoms with van der Waals surface area (Å²) in [5.41, 5.74) is 0.251. The Morgan fingerprint density at radius 3 is 2.55 bits per heavy atom. The summed E-state index contributed by atoms with van der Waals surface area (Å²) in [4.78, 5) is 60.2. The molecule has 12 heteroatoms. The van der Waals surface area contributed by atoms with Gasteiger partial charge in [0.05, 0.1) is 30.1 Å². The van der Waals surface area contributed by atoms with E-state index in [1.165, 1.54) is 6.08 Å². The molecule has 0 saturated heterocycles. The average Bonchev–Trinajstić information content (AvgIpc) is 4.05. The third-order valence-electron chi connectivity index (χ3n) is 10.8. The Kier molecular flexibility index (Phi) is 9.71. The van der Waals surface area contributed by atoms with Gasteiger partial charge in [-0.2, -0.15) is 0 Å². The molecule has 2 heterocycles. The van der Waals surface area contributed by atoms with Crippen LogP contribution in [0.3, 0.4) is 0 Å². The second-order valence-electron chi connectivity index (χ2n) is 14.4. The number of ketones is 1. The van der Waals surface area contributed by atoms with Crippen molar-refractivity contribution in [2.75, 3.05) is 6.61 Å². The average molecular weight is 714 g/mol. The van der Waals surface area contributed by atoms with Crippen molar-refractivity contribution >= 4 is 44.4 Å². The predicted molar refractivity (Wildman–Crippen MR) is 189 cm³/mol. The summed E-state index contributed by atoms with van der Waals surface area (Å²) in [6, 6.07) is 17.1. The Morgan fingerprint density at radius 2 is 1.80 bits per heavy atom. The molecule has 4 aliphatic rings. The van der Waals surface area contributed by atoms with E-state index >= 15 is 0 Å². The van der Waals surface area contributed by atoms with Crippen LogP contribution in [0.2, 0.25) is 0 Å². The van der Waals surface area contributed by atoms with Crippen molar-refractivity contribution in [2.45, 2.75) is 87.0 Å². The third-order valence-corrected chi connectivity index (χ3v) is 12.7. The quantitative estimate of drug-likeness (QED) is 0.262. The molecular weight excluding hydrogens is 671 g/mol. The molecule has 7 rings (SSSR count). The van der Waals surface area contributed by atoms with Crippen molar-refractivity contribution in [2.24, 2.45) is 17.8 Å². The molecule has 3 aromatic rings. The summed E-state index contributed by atoms with van der Waals surface area (Å²) in [5, 5.41) is 4.02. The standard InChI is InChI=1S/C39H43N3O8S/c1-2-27-23-39(27,38(46)42-51(47,48)29-14-15-29)41-36(45)33-21-28-20-32(33)35(44)30(25-10-6-3-7-11-25)22-34(43)49-18-8-4-5-9-24-12-13-26-16-17-40-37(50-28)31(26)19-24/h2-3,6-7,10-13,16-17,19,27-30,32-33H,1,4-5,8-9,14-15,18,20-23H2,(H,41,45)(H,42,46)/t27-,28-,30-,32?,33+,39+/m0/s1. The van der Waals surface area contributed by atoms with Gasteiger partial charge < -0.3 is 14.8 Å². The molecule has 0 spiro atoms. The summed E-state index contributed by atoms with van der Waals surface area (Å²) in [7, 11) is -3.87. The molecule has 2 amide bonds. The lowest BCUT2D eigenvalue weighted by Gasteiger charge is -2.26. The smallest absolute Gasteiger partial charge is 0.306 e. The van der Waals surface area contributed by atoms with Gasteiger partial charge in [0.15, 0.2) is 0 Å². The van der Waals surface area contributed by atoms with Crippen molar-refractivity contribution < 1.29 is 37.1 Å². The van der Waals surface area contributed by atoms with Gasteiger partial charge in [0.25, 0.3) is 5.91 Å². The number of benzene rings is 2. The molecule has 51 heavy (non-hydrogen) atoms. The lowest BCUT2D eigenvalue weighted by Crippen LogP contribution is -2.54. The number of nitrogens with zero attached hydrogens (tertiary/aromatic N) is 1. The second kappa shape index (κ2) is 14.2. The van der Waals surface area contributed by atoms with Crippen LogP contribution >= 0.6 is 0 Å². The lowest BCUT2D eigenvalue weighted by molar-refractivity contribution is -0.146. The van der Waals surface area contributed by atoms with Crippen LogP contribution < -0.4 is 14.8 Å². The number of aromatic nitrogens is 1. The van der Waals surface area contributed by atoms with E-state index < -0.39 is 68.4 Å². The van der Waals surface area contributed by atoms with Gasteiger partial charge in [-0.15, -0.1) is 6.58 Å². The Labute approximate surface area is 297 Å². The Bertz CT molecular complexity index is 1960. The summed E-state index contributed by atoms with van der Waals surface area (Å²) < 4.78 is 39.7. The number of sulfonamides is 1. The number of amides is 2. The molecule has 0 radical (unpaired) electrons. The van der Waals surface area contributed by atoms with E-state index in [1.54, 1.807) is 30.5 Å².